The van der Waals surface area contributed by atoms with E-state index in [-0.39, 0.29) is 6.61 Å². The van der Waals surface area contributed by atoms with Crippen LogP contribution in [0.3, 0.4) is 0 Å². The smallest absolute Gasteiger partial charge is 0.411 e. The molecule has 0 radical (unpaired) electrons. The topological polar surface area (TPSA) is 110 Å². The lowest BCUT2D eigenvalue weighted by atomic mass is 10.2. The Morgan fingerprint density at radius 1 is 1.45 bits per heavy atom. The highest BCUT2D eigenvalue weighted by molar-refractivity contribution is 7.86. The summed E-state index contributed by atoms with van der Waals surface area (Å²) in [4.78, 5) is 21.0. The molecule has 0 heterocycles. The van der Waals surface area contributed by atoms with Crippen LogP contribution in [-0.4, -0.2) is 32.2 Å². The molecule has 0 aliphatic heterocycles. The molecule has 0 unspecified atom stereocenters. The van der Waals surface area contributed by atoms with E-state index in [2.05, 4.69) is 11.3 Å². The molecule has 0 aromatic heterocycles. The van der Waals surface area contributed by atoms with Crippen LogP contribution in [0, 0.1) is 0 Å². The second-order valence-corrected chi connectivity index (χ2v) is 4.78. The molecule has 0 spiro atoms. The van der Waals surface area contributed by atoms with Crippen LogP contribution in [0.4, 0.5) is 14.4 Å². The van der Waals surface area contributed by atoms with Crippen molar-refractivity contribution in [3.05, 3.63) is 36.4 Å². The van der Waals surface area contributed by atoms with Gasteiger partial charge < -0.3 is 9.84 Å². The van der Waals surface area contributed by atoms with Gasteiger partial charge in [0.05, 0.1) is 11.3 Å². The summed E-state index contributed by atoms with van der Waals surface area (Å²) >= 11 is 0. The molecule has 0 saturated heterocycles. The molecule has 1 aromatic carbocycles. The minimum Gasteiger partial charge on any atom is -0.478 e. The van der Waals surface area contributed by atoms with E-state index in [0.717, 1.165) is 12.1 Å². The molecule has 9 heteroatoms. The number of halogens is 1. The van der Waals surface area contributed by atoms with Crippen molar-refractivity contribution in [3.63, 3.8) is 0 Å². The fourth-order valence-electron chi connectivity index (χ4n) is 1.24. The number of carboxylic acid groups (broad SMARTS) is 1. The summed E-state index contributed by atoms with van der Waals surface area (Å²) in [5.74, 6) is -1.43. The Morgan fingerprint density at radius 2 is 2.10 bits per heavy atom. The van der Waals surface area contributed by atoms with Crippen molar-refractivity contribution >= 4 is 28.0 Å². The largest absolute Gasteiger partial charge is 0.478 e. The van der Waals surface area contributed by atoms with E-state index in [0.29, 0.717) is 6.07 Å². The quantitative estimate of drug-likeness (QED) is 0.633. The fourth-order valence-corrected chi connectivity index (χ4v) is 1.89. The first kappa shape index (κ1) is 15.6. The average molecular weight is 303 g/mol. The van der Waals surface area contributed by atoms with Crippen LogP contribution in [-0.2, 0) is 15.0 Å². The van der Waals surface area contributed by atoms with Crippen LogP contribution >= 0.6 is 0 Å². The molecular weight excluding hydrogens is 293 g/mol. The van der Waals surface area contributed by atoms with Gasteiger partial charge in [-0.25, -0.2) is 9.59 Å². The second-order valence-electron chi connectivity index (χ2n) is 3.47. The van der Waals surface area contributed by atoms with Crippen molar-refractivity contribution < 1.29 is 31.7 Å². The lowest BCUT2D eigenvalue weighted by Gasteiger charge is -2.09. The van der Waals surface area contributed by atoms with Crippen LogP contribution in [0.25, 0.3) is 0 Å². The van der Waals surface area contributed by atoms with Crippen molar-refractivity contribution in [2.45, 2.75) is 4.90 Å². The van der Waals surface area contributed by atoms with Gasteiger partial charge in [0.2, 0.25) is 0 Å². The molecule has 0 atom stereocenters. The maximum absolute atomic E-state index is 13.1. The number of rotatable bonds is 5. The number of carbonyl (C=O) groups is 2. The number of nitrogens with one attached hydrogen (secondary N) is 1. The Kier molecular flexibility index (Phi) is 4.81. The van der Waals surface area contributed by atoms with Gasteiger partial charge in [-0.15, -0.1) is 3.89 Å². The van der Waals surface area contributed by atoms with Crippen molar-refractivity contribution in [1.29, 1.82) is 0 Å². The molecule has 1 amide bonds. The summed E-state index contributed by atoms with van der Waals surface area (Å²) < 4.78 is 39.5. The summed E-state index contributed by atoms with van der Waals surface area (Å²) in [6.45, 7) is 3.17. The number of anilines is 1. The van der Waals surface area contributed by atoms with E-state index in [1.807, 2.05) is 5.32 Å². The lowest BCUT2D eigenvalue weighted by Crippen LogP contribution is -2.16. The maximum Gasteiger partial charge on any atom is 0.411 e. The van der Waals surface area contributed by atoms with E-state index in [1.165, 1.54) is 6.08 Å². The number of amides is 1. The number of hydrogen-bond donors (Lipinski definition) is 2. The standard InChI is InChI=1S/C11H10FNO6S/c1-2-5-19-11(16)13-8-4-3-7(10(14)15)6-9(8)20(12,17)18/h2-4,6H,1,5H2,(H,13,16)(H,14,15). The molecule has 0 saturated carbocycles. The summed E-state index contributed by atoms with van der Waals surface area (Å²) in [6.07, 6.45) is 0.248. The highest BCUT2D eigenvalue weighted by Crippen LogP contribution is 2.25. The van der Waals surface area contributed by atoms with Crippen molar-refractivity contribution in [3.8, 4) is 0 Å². The van der Waals surface area contributed by atoms with Crippen molar-refractivity contribution in [2.75, 3.05) is 11.9 Å². The van der Waals surface area contributed by atoms with Gasteiger partial charge in [-0.05, 0) is 18.2 Å². The summed E-state index contributed by atoms with van der Waals surface area (Å²) in [6, 6.07) is 2.56. The fraction of sp³-hybridized carbons (Fsp3) is 0.0909. The van der Waals surface area contributed by atoms with Crippen molar-refractivity contribution in [1.82, 2.24) is 0 Å². The third kappa shape index (κ3) is 4.05. The third-order valence-electron chi connectivity index (χ3n) is 2.06. The zero-order valence-electron chi connectivity index (χ0n) is 10.00. The number of hydrogen-bond acceptors (Lipinski definition) is 5. The van der Waals surface area contributed by atoms with Crippen LogP contribution in [0.2, 0.25) is 0 Å². The molecule has 7 nitrogen and oxygen atoms in total. The van der Waals surface area contributed by atoms with Gasteiger partial charge in [0.25, 0.3) is 0 Å². The molecule has 2 N–H and O–H groups in total. The molecule has 20 heavy (non-hydrogen) atoms. The molecule has 0 aliphatic carbocycles. The molecule has 0 bridgehead atoms. The van der Waals surface area contributed by atoms with Gasteiger partial charge in [0.15, 0.2) is 0 Å². The average Bonchev–Trinajstić information content (AvgIpc) is 2.35. The molecule has 108 valence electrons. The summed E-state index contributed by atoms with van der Waals surface area (Å²) in [7, 11) is -5.21. The van der Waals surface area contributed by atoms with Crippen LogP contribution in [0.1, 0.15) is 10.4 Å². The van der Waals surface area contributed by atoms with Crippen molar-refractivity contribution in [2.24, 2.45) is 0 Å². The number of carbonyl (C=O) groups excluding carboxylic acids is 1. The Labute approximate surface area is 113 Å². The molecule has 1 rings (SSSR count). The first-order valence-electron chi connectivity index (χ1n) is 5.12. The minimum absolute atomic E-state index is 0.128. The Morgan fingerprint density at radius 3 is 2.60 bits per heavy atom. The first-order valence-corrected chi connectivity index (χ1v) is 6.50. The van der Waals surface area contributed by atoms with Gasteiger partial charge in [0, 0.05) is 0 Å². The SMILES string of the molecule is C=CCOC(=O)Nc1ccc(C(=O)O)cc1S(=O)(=O)F. The number of ether oxygens (including phenoxy) is 1. The van der Waals surface area contributed by atoms with E-state index in [9.17, 15) is 21.9 Å². The third-order valence-corrected chi connectivity index (χ3v) is 2.92. The summed E-state index contributed by atoms with van der Waals surface area (Å²) in [5.41, 5.74) is -0.863. The van der Waals surface area contributed by atoms with Crippen LogP contribution < -0.4 is 5.32 Å². The molecule has 1 aromatic rings. The van der Waals surface area contributed by atoms with Gasteiger partial charge in [-0.2, -0.15) is 8.42 Å². The van der Waals surface area contributed by atoms with E-state index >= 15 is 0 Å². The first-order chi connectivity index (χ1) is 9.25. The molecular formula is C11H10FNO6S. The Hall–Kier alpha value is -2.42. The molecule has 0 aliphatic rings. The number of aromatic carboxylic acids is 1. The number of carboxylic acids is 1. The number of benzene rings is 1. The zero-order valence-corrected chi connectivity index (χ0v) is 10.8. The monoisotopic (exact) mass is 303 g/mol. The predicted octanol–water partition coefficient (Wildman–Crippen LogP) is 1.78. The lowest BCUT2D eigenvalue weighted by molar-refractivity contribution is 0.0696. The Bertz CT molecular complexity index is 655. The minimum atomic E-state index is -5.21. The van der Waals surface area contributed by atoms with Crippen LogP contribution in [0.15, 0.2) is 35.7 Å². The summed E-state index contributed by atoms with van der Waals surface area (Å²) in [5, 5.41) is 10.7. The van der Waals surface area contributed by atoms with Crippen LogP contribution in [0.5, 0.6) is 0 Å². The second kappa shape index (κ2) is 6.15. The highest BCUT2D eigenvalue weighted by Gasteiger charge is 2.21. The highest BCUT2D eigenvalue weighted by atomic mass is 32.3. The zero-order chi connectivity index (χ0) is 15.3. The van der Waals surface area contributed by atoms with E-state index < -0.39 is 38.4 Å². The maximum atomic E-state index is 13.1. The van der Waals surface area contributed by atoms with Gasteiger partial charge in [0.1, 0.15) is 11.5 Å². The van der Waals surface area contributed by atoms with E-state index in [1.54, 1.807) is 0 Å². The molecule has 0 fully saturated rings. The predicted molar refractivity (Wildman–Crippen MR) is 66.9 cm³/mol. The van der Waals surface area contributed by atoms with Gasteiger partial charge >= 0.3 is 22.3 Å². The van der Waals surface area contributed by atoms with E-state index in [4.69, 9.17) is 5.11 Å². The normalized spacial score (nSPS) is 10.7. The van der Waals surface area contributed by atoms with Gasteiger partial charge in [-0.1, -0.05) is 12.7 Å². The Balaban J connectivity index is 3.16. The van der Waals surface area contributed by atoms with Gasteiger partial charge in [-0.3, -0.25) is 5.32 Å².